The highest BCUT2D eigenvalue weighted by Gasteiger charge is 2.34. The van der Waals surface area contributed by atoms with Crippen LogP contribution in [-0.2, 0) is 4.79 Å². The minimum atomic E-state index is 0.0543. The first-order chi connectivity index (χ1) is 12.8. The van der Waals surface area contributed by atoms with Crippen molar-refractivity contribution < 1.29 is 4.79 Å². The van der Waals surface area contributed by atoms with E-state index in [1.807, 2.05) is 6.07 Å². The molecular formula is C20H31N5O. The molecule has 1 aromatic rings. The predicted octanol–water partition coefficient (Wildman–Crippen LogP) is 2.07. The number of amides is 1. The van der Waals surface area contributed by atoms with Gasteiger partial charge < -0.3 is 15.1 Å². The van der Waals surface area contributed by atoms with Crippen molar-refractivity contribution in [2.75, 3.05) is 37.6 Å². The topological polar surface area (TPSA) is 61.4 Å². The van der Waals surface area contributed by atoms with Crippen molar-refractivity contribution in [3.05, 3.63) is 18.5 Å². The Morgan fingerprint density at radius 1 is 1.04 bits per heavy atom. The first-order valence-electron chi connectivity index (χ1n) is 10.3. The second kappa shape index (κ2) is 8.33. The number of hydrogen-bond donors (Lipinski definition) is 1. The molecule has 0 bridgehead atoms. The molecule has 0 aromatic carbocycles. The number of anilines is 1. The van der Waals surface area contributed by atoms with E-state index in [0.717, 1.165) is 38.4 Å². The highest BCUT2D eigenvalue weighted by molar-refractivity contribution is 5.79. The predicted molar refractivity (Wildman–Crippen MR) is 102 cm³/mol. The van der Waals surface area contributed by atoms with Crippen molar-refractivity contribution in [2.24, 2.45) is 11.8 Å². The van der Waals surface area contributed by atoms with Gasteiger partial charge in [0, 0.05) is 38.1 Å². The lowest BCUT2D eigenvalue weighted by atomic mass is 9.83. The standard InChI is InChI=1S/C20H31N5O/c26-19(17-7-4-13-25(15-17)20-21-9-5-10-22-20)23-14-16-6-3-12-24-11-2-1-8-18(16)24/h5,9-10,16-18H,1-4,6-8,11-15H2,(H,23,26)/t16-,17+,18-/m0/s1. The van der Waals surface area contributed by atoms with E-state index in [1.165, 1.54) is 45.2 Å². The molecule has 3 fully saturated rings. The van der Waals surface area contributed by atoms with Gasteiger partial charge in [-0.15, -0.1) is 0 Å². The lowest BCUT2D eigenvalue weighted by molar-refractivity contribution is -0.125. The summed E-state index contributed by atoms with van der Waals surface area (Å²) in [5.41, 5.74) is 0. The fraction of sp³-hybridized carbons (Fsp3) is 0.750. The number of carbonyl (C=O) groups excluding carboxylic acids is 1. The largest absolute Gasteiger partial charge is 0.355 e. The summed E-state index contributed by atoms with van der Waals surface area (Å²) in [5.74, 6) is 1.65. The minimum absolute atomic E-state index is 0.0543. The summed E-state index contributed by atoms with van der Waals surface area (Å²) in [6.45, 7) is 5.02. The molecule has 0 radical (unpaired) electrons. The zero-order valence-corrected chi connectivity index (χ0v) is 15.6. The maximum absolute atomic E-state index is 12.8. The lowest BCUT2D eigenvalue weighted by Crippen LogP contribution is -2.52. The maximum Gasteiger partial charge on any atom is 0.225 e. The van der Waals surface area contributed by atoms with Crippen molar-refractivity contribution in [1.29, 1.82) is 0 Å². The number of piperidine rings is 3. The molecule has 0 saturated carbocycles. The van der Waals surface area contributed by atoms with Crippen LogP contribution in [-0.4, -0.2) is 59.5 Å². The zero-order valence-electron chi connectivity index (χ0n) is 15.6. The Morgan fingerprint density at radius 2 is 1.85 bits per heavy atom. The van der Waals surface area contributed by atoms with Gasteiger partial charge in [0.25, 0.3) is 0 Å². The molecule has 142 valence electrons. The van der Waals surface area contributed by atoms with Gasteiger partial charge in [-0.05, 0) is 63.6 Å². The number of aromatic nitrogens is 2. The van der Waals surface area contributed by atoms with Gasteiger partial charge >= 0.3 is 0 Å². The number of hydrogen-bond acceptors (Lipinski definition) is 5. The van der Waals surface area contributed by atoms with Crippen LogP contribution in [0.2, 0.25) is 0 Å². The lowest BCUT2D eigenvalue weighted by Gasteiger charge is -2.44. The molecule has 4 rings (SSSR count). The van der Waals surface area contributed by atoms with Gasteiger partial charge in [-0.25, -0.2) is 9.97 Å². The van der Waals surface area contributed by atoms with E-state index in [9.17, 15) is 4.79 Å². The Hall–Kier alpha value is -1.69. The summed E-state index contributed by atoms with van der Waals surface area (Å²) in [4.78, 5) is 26.3. The van der Waals surface area contributed by atoms with Gasteiger partial charge in [-0.1, -0.05) is 6.42 Å². The molecule has 1 amide bonds. The molecule has 26 heavy (non-hydrogen) atoms. The van der Waals surface area contributed by atoms with E-state index >= 15 is 0 Å². The molecule has 3 saturated heterocycles. The molecule has 4 heterocycles. The molecule has 1 aromatic heterocycles. The van der Waals surface area contributed by atoms with Crippen LogP contribution in [0.5, 0.6) is 0 Å². The van der Waals surface area contributed by atoms with Crippen molar-refractivity contribution in [3.8, 4) is 0 Å². The van der Waals surface area contributed by atoms with Crippen LogP contribution < -0.4 is 10.2 Å². The SMILES string of the molecule is O=C(NC[C@@H]1CCCN2CCCC[C@@H]12)[C@@H]1CCCN(c2ncccn2)C1. The second-order valence-corrected chi connectivity index (χ2v) is 8.08. The summed E-state index contributed by atoms with van der Waals surface area (Å²) in [5, 5.41) is 3.29. The van der Waals surface area contributed by atoms with Crippen molar-refractivity contribution in [1.82, 2.24) is 20.2 Å². The van der Waals surface area contributed by atoms with Gasteiger partial charge in [0.15, 0.2) is 0 Å². The summed E-state index contributed by atoms with van der Waals surface area (Å²) in [6.07, 6.45) is 12.1. The third kappa shape index (κ3) is 4.00. The molecule has 0 aliphatic carbocycles. The maximum atomic E-state index is 12.8. The van der Waals surface area contributed by atoms with Crippen LogP contribution in [0.4, 0.5) is 5.95 Å². The average molecular weight is 358 g/mol. The van der Waals surface area contributed by atoms with E-state index in [4.69, 9.17) is 0 Å². The fourth-order valence-corrected chi connectivity index (χ4v) is 5.02. The van der Waals surface area contributed by atoms with Gasteiger partial charge in [0.05, 0.1) is 5.92 Å². The number of fused-ring (bicyclic) bond motifs is 1. The van der Waals surface area contributed by atoms with Crippen LogP contribution in [0.25, 0.3) is 0 Å². The molecule has 1 N–H and O–H groups in total. The van der Waals surface area contributed by atoms with E-state index in [-0.39, 0.29) is 11.8 Å². The van der Waals surface area contributed by atoms with Gasteiger partial charge in [-0.3, -0.25) is 4.79 Å². The van der Waals surface area contributed by atoms with E-state index < -0.39 is 0 Å². The first kappa shape index (κ1) is 17.7. The number of nitrogens with one attached hydrogen (secondary N) is 1. The molecule has 6 nitrogen and oxygen atoms in total. The van der Waals surface area contributed by atoms with Crippen LogP contribution in [0, 0.1) is 11.8 Å². The normalized spacial score (nSPS) is 29.8. The zero-order chi connectivity index (χ0) is 17.8. The molecule has 0 spiro atoms. The quantitative estimate of drug-likeness (QED) is 0.894. The highest BCUT2D eigenvalue weighted by Crippen LogP contribution is 2.30. The third-order valence-corrected chi connectivity index (χ3v) is 6.39. The average Bonchev–Trinajstić information content (AvgIpc) is 2.72. The fourth-order valence-electron chi connectivity index (χ4n) is 5.02. The van der Waals surface area contributed by atoms with E-state index in [0.29, 0.717) is 12.0 Å². The smallest absolute Gasteiger partial charge is 0.225 e. The van der Waals surface area contributed by atoms with Gasteiger partial charge in [-0.2, -0.15) is 0 Å². The second-order valence-electron chi connectivity index (χ2n) is 8.08. The Balaban J connectivity index is 1.30. The van der Waals surface area contributed by atoms with Crippen molar-refractivity contribution in [2.45, 2.75) is 51.0 Å². The van der Waals surface area contributed by atoms with E-state index in [2.05, 4.69) is 25.1 Å². The van der Waals surface area contributed by atoms with Gasteiger partial charge in [0.1, 0.15) is 0 Å². The summed E-state index contributed by atoms with van der Waals surface area (Å²) >= 11 is 0. The summed E-state index contributed by atoms with van der Waals surface area (Å²) in [7, 11) is 0. The van der Waals surface area contributed by atoms with E-state index in [1.54, 1.807) is 12.4 Å². The Labute approximate surface area is 156 Å². The van der Waals surface area contributed by atoms with Crippen LogP contribution >= 0.6 is 0 Å². The summed E-state index contributed by atoms with van der Waals surface area (Å²) < 4.78 is 0. The van der Waals surface area contributed by atoms with Crippen molar-refractivity contribution >= 4 is 11.9 Å². The molecule has 3 aliphatic heterocycles. The Kier molecular flexibility index (Phi) is 5.68. The molecule has 6 heteroatoms. The molecule has 0 unspecified atom stereocenters. The van der Waals surface area contributed by atoms with Crippen LogP contribution in [0.3, 0.4) is 0 Å². The minimum Gasteiger partial charge on any atom is -0.355 e. The summed E-state index contributed by atoms with van der Waals surface area (Å²) in [6, 6.07) is 2.52. The van der Waals surface area contributed by atoms with Crippen LogP contribution in [0.15, 0.2) is 18.5 Å². The molecule has 3 atom stereocenters. The Bertz CT molecular complexity index is 593. The number of carbonyl (C=O) groups is 1. The highest BCUT2D eigenvalue weighted by atomic mass is 16.1. The monoisotopic (exact) mass is 357 g/mol. The third-order valence-electron chi connectivity index (χ3n) is 6.39. The van der Waals surface area contributed by atoms with Crippen LogP contribution in [0.1, 0.15) is 44.9 Å². The van der Waals surface area contributed by atoms with Crippen molar-refractivity contribution in [3.63, 3.8) is 0 Å². The number of rotatable bonds is 4. The molecule has 3 aliphatic rings. The Morgan fingerprint density at radius 3 is 2.73 bits per heavy atom. The first-order valence-corrected chi connectivity index (χ1v) is 10.3. The molecular weight excluding hydrogens is 326 g/mol. The van der Waals surface area contributed by atoms with Gasteiger partial charge in [0.2, 0.25) is 11.9 Å². The number of nitrogens with zero attached hydrogens (tertiary/aromatic N) is 4.